The highest BCUT2D eigenvalue weighted by atomic mass is 35.5. The number of nitrogens with zero attached hydrogens (tertiary/aromatic N) is 1. The smallest absolute Gasteiger partial charge is 0.272 e. The van der Waals surface area contributed by atoms with Gasteiger partial charge >= 0.3 is 0 Å². The van der Waals surface area contributed by atoms with Crippen molar-refractivity contribution >= 4 is 39.5 Å². The number of nitrogens with one attached hydrogen (secondary N) is 3. The van der Waals surface area contributed by atoms with E-state index in [1.807, 2.05) is 0 Å². The van der Waals surface area contributed by atoms with E-state index in [4.69, 9.17) is 11.6 Å². The lowest BCUT2D eigenvalue weighted by Crippen LogP contribution is -2.24. The van der Waals surface area contributed by atoms with Gasteiger partial charge in [0.1, 0.15) is 5.69 Å². The molecule has 0 fully saturated rings. The summed E-state index contributed by atoms with van der Waals surface area (Å²) in [5.74, 6) is -0.293. The molecule has 0 saturated carbocycles. The van der Waals surface area contributed by atoms with Crippen LogP contribution in [0.4, 0.5) is 5.69 Å². The number of amides is 1. The number of hydrogen-bond donors (Lipinski definition) is 3. The topological polar surface area (TPSA) is 86.9 Å². The van der Waals surface area contributed by atoms with Gasteiger partial charge in [0.15, 0.2) is 0 Å². The number of rotatable bonds is 1. The third kappa shape index (κ3) is 1.61. The van der Waals surface area contributed by atoms with E-state index in [1.54, 1.807) is 12.1 Å². The minimum Gasteiger partial charge on any atom is -0.359 e. The second-order valence-corrected chi connectivity index (χ2v) is 4.43. The summed E-state index contributed by atoms with van der Waals surface area (Å²) in [6.07, 6.45) is 1.52. The number of halogens is 1. The molecule has 3 N–H and O–H groups in total. The Labute approximate surface area is 112 Å². The fourth-order valence-corrected chi connectivity index (χ4v) is 2.30. The van der Waals surface area contributed by atoms with Gasteiger partial charge < -0.3 is 10.6 Å². The molecule has 6 nitrogen and oxygen atoms in total. The van der Waals surface area contributed by atoms with Gasteiger partial charge in [0.2, 0.25) is 0 Å². The molecule has 0 radical (unpaired) electrons. The number of aromatic nitrogens is 2. The molecule has 0 unspecified atom stereocenters. The van der Waals surface area contributed by atoms with Gasteiger partial charge in [-0.1, -0.05) is 11.6 Å². The van der Waals surface area contributed by atoms with Crippen molar-refractivity contribution in [3.8, 4) is 0 Å². The van der Waals surface area contributed by atoms with Gasteiger partial charge in [0.05, 0.1) is 21.7 Å². The van der Waals surface area contributed by atoms with E-state index in [9.17, 15) is 9.59 Å². The second-order valence-electron chi connectivity index (χ2n) is 4.03. The molecule has 1 aliphatic rings. The van der Waals surface area contributed by atoms with Gasteiger partial charge in [0.25, 0.3) is 11.5 Å². The number of likely N-dealkylation sites (N-methyl/N-ethyl adjacent to an activating group) is 1. The quantitative estimate of drug-likeness (QED) is 0.728. The molecule has 7 heteroatoms. The van der Waals surface area contributed by atoms with E-state index in [-0.39, 0.29) is 11.5 Å². The van der Waals surface area contributed by atoms with E-state index >= 15 is 0 Å². The first kappa shape index (κ1) is 11.7. The summed E-state index contributed by atoms with van der Waals surface area (Å²) in [5.41, 5.74) is 1.01. The molecule has 2 aromatic rings. The van der Waals surface area contributed by atoms with Crippen LogP contribution in [0.2, 0.25) is 5.02 Å². The van der Waals surface area contributed by atoms with Crippen molar-refractivity contribution < 1.29 is 4.79 Å². The van der Waals surface area contributed by atoms with E-state index in [0.717, 1.165) is 0 Å². The van der Waals surface area contributed by atoms with Crippen LogP contribution in [0.5, 0.6) is 0 Å². The number of hydrogen-bond acceptors (Lipinski definition) is 4. The van der Waals surface area contributed by atoms with Crippen LogP contribution in [0.15, 0.2) is 23.1 Å². The average molecular weight is 277 g/mol. The number of H-pyrrole nitrogens is 1. The molecule has 0 saturated heterocycles. The monoisotopic (exact) mass is 276 g/mol. The van der Waals surface area contributed by atoms with E-state index in [0.29, 0.717) is 32.7 Å². The number of benzene rings is 1. The summed E-state index contributed by atoms with van der Waals surface area (Å²) in [5, 5.41) is 13.3. The van der Waals surface area contributed by atoms with Gasteiger partial charge in [-0.05, 0) is 12.1 Å². The Bertz CT molecular complexity index is 794. The molecule has 96 valence electrons. The second kappa shape index (κ2) is 4.10. The zero-order valence-electron chi connectivity index (χ0n) is 9.87. The fraction of sp³-hybridized carbons (Fsp3) is 0.0833. The van der Waals surface area contributed by atoms with Crippen LogP contribution in [-0.2, 0) is 4.79 Å². The SMILES string of the molecule is CNC(=O)C1=CNc2c(Cl)ccc3c(=O)[nH]nc1c23. The average Bonchev–Trinajstić information content (AvgIpc) is 2.43. The van der Waals surface area contributed by atoms with Crippen LogP contribution in [0, 0.1) is 0 Å². The van der Waals surface area contributed by atoms with E-state index < -0.39 is 0 Å². The van der Waals surface area contributed by atoms with Crippen LogP contribution < -0.4 is 16.2 Å². The lowest BCUT2D eigenvalue weighted by Gasteiger charge is -2.18. The predicted octanol–water partition coefficient (Wildman–Crippen LogP) is 1.09. The standard InChI is InChI=1S/C12H9ClN4O2/c1-14-11(18)6-4-15-10-7(13)3-2-5-8(10)9(6)16-17-12(5)19/h2-4,15H,1H3,(H,14,18)(H,17,19). The third-order valence-electron chi connectivity index (χ3n) is 2.99. The number of anilines is 1. The van der Waals surface area contributed by atoms with Crippen molar-refractivity contribution in [1.29, 1.82) is 0 Å². The normalized spacial score (nSPS) is 12.8. The Hall–Kier alpha value is -2.34. The maximum absolute atomic E-state index is 11.8. The molecule has 1 amide bonds. The van der Waals surface area contributed by atoms with Crippen molar-refractivity contribution in [2.75, 3.05) is 12.4 Å². The Morgan fingerprint density at radius 1 is 1.42 bits per heavy atom. The zero-order chi connectivity index (χ0) is 13.6. The minimum absolute atomic E-state index is 0.293. The van der Waals surface area contributed by atoms with E-state index in [2.05, 4.69) is 20.8 Å². The van der Waals surface area contributed by atoms with Gasteiger partial charge in [-0.2, -0.15) is 5.10 Å². The number of aromatic amines is 1. The fourth-order valence-electron chi connectivity index (χ4n) is 2.09. The Morgan fingerprint density at radius 3 is 2.95 bits per heavy atom. The van der Waals surface area contributed by atoms with Gasteiger partial charge in [0, 0.05) is 18.6 Å². The number of carbonyl (C=O) groups excluding carboxylic acids is 1. The zero-order valence-corrected chi connectivity index (χ0v) is 10.6. The molecule has 3 rings (SSSR count). The first-order chi connectivity index (χ1) is 9.13. The maximum Gasteiger partial charge on any atom is 0.272 e. The molecule has 0 spiro atoms. The summed E-state index contributed by atoms with van der Waals surface area (Å²) >= 11 is 6.09. The van der Waals surface area contributed by atoms with Crippen LogP contribution >= 0.6 is 11.6 Å². The summed E-state index contributed by atoms with van der Waals surface area (Å²) in [7, 11) is 1.53. The summed E-state index contributed by atoms with van der Waals surface area (Å²) in [6, 6.07) is 3.24. The van der Waals surface area contributed by atoms with Crippen molar-refractivity contribution in [3.63, 3.8) is 0 Å². The minimum atomic E-state index is -0.323. The van der Waals surface area contributed by atoms with Crippen molar-refractivity contribution in [2.45, 2.75) is 0 Å². The largest absolute Gasteiger partial charge is 0.359 e. The summed E-state index contributed by atoms with van der Waals surface area (Å²) < 4.78 is 0. The van der Waals surface area contributed by atoms with Crippen LogP contribution in [-0.4, -0.2) is 23.2 Å². The molecule has 0 aliphatic carbocycles. The molecule has 1 aliphatic heterocycles. The molecule has 19 heavy (non-hydrogen) atoms. The Morgan fingerprint density at radius 2 is 2.21 bits per heavy atom. The Balaban J connectivity index is 2.42. The first-order valence-corrected chi connectivity index (χ1v) is 5.91. The van der Waals surface area contributed by atoms with Crippen molar-refractivity contribution in [1.82, 2.24) is 15.5 Å². The van der Waals surface area contributed by atoms with E-state index in [1.165, 1.54) is 13.2 Å². The van der Waals surface area contributed by atoms with Gasteiger partial charge in [-0.15, -0.1) is 0 Å². The van der Waals surface area contributed by atoms with Crippen LogP contribution in [0.1, 0.15) is 5.69 Å². The van der Waals surface area contributed by atoms with Crippen LogP contribution in [0.25, 0.3) is 16.3 Å². The predicted molar refractivity (Wildman–Crippen MR) is 73.0 cm³/mol. The molecule has 0 bridgehead atoms. The highest BCUT2D eigenvalue weighted by Crippen LogP contribution is 2.36. The highest BCUT2D eigenvalue weighted by molar-refractivity contribution is 6.36. The molecular formula is C12H9ClN4O2. The molecular weight excluding hydrogens is 268 g/mol. The lowest BCUT2D eigenvalue weighted by atomic mass is 10.0. The third-order valence-corrected chi connectivity index (χ3v) is 3.31. The number of carbonyl (C=O) groups is 1. The highest BCUT2D eigenvalue weighted by Gasteiger charge is 2.23. The van der Waals surface area contributed by atoms with Crippen molar-refractivity contribution in [2.24, 2.45) is 0 Å². The van der Waals surface area contributed by atoms with Gasteiger partial charge in [-0.3, -0.25) is 9.59 Å². The molecule has 2 heterocycles. The maximum atomic E-state index is 11.8. The molecule has 1 aromatic carbocycles. The lowest BCUT2D eigenvalue weighted by molar-refractivity contribution is -0.115. The Kier molecular flexibility index (Phi) is 2.53. The van der Waals surface area contributed by atoms with Crippen molar-refractivity contribution in [3.05, 3.63) is 39.4 Å². The van der Waals surface area contributed by atoms with Crippen LogP contribution in [0.3, 0.4) is 0 Å². The molecule has 1 aromatic heterocycles. The molecule has 0 atom stereocenters. The van der Waals surface area contributed by atoms with Gasteiger partial charge in [-0.25, -0.2) is 5.10 Å². The first-order valence-electron chi connectivity index (χ1n) is 5.53. The summed E-state index contributed by atoms with van der Waals surface area (Å²) in [4.78, 5) is 23.6. The summed E-state index contributed by atoms with van der Waals surface area (Å²) in [6.45, 7) is 0.